The van der Waals surface area contributed by atoms with Gasteiger partial charge >= 0.3 is 5.97 Å². The predicted octanol–water partition coefficient (Wildman–Crippen LogP) is 1.77. The monoisotopic (exact) mass is 246 g/mol. The Morgan fingerprint density at radius 2 is 2.50 bits per heavy atom. The predicted molar refractivity (Wildman–Crippen MR) is 66.9 cm³/mol. The van der Waals surface area contributed by atoms with Crippen molar-refractivity contribution >= 4 is 5.97 Å². The number of carboxylic acids is 1. The summed E-state index contributed by atoms with van der Waals surface area (Å²) in [6.07, 6.45) is 6.60. The Bertz CT molecular complexity index is 448. The standard InChI is InChI=1S/C14H18N2O2/c17-13(18)14-5-1-4-12(14)9-16(10-14)8-11-3-2-6-15-7-11/h2-3,6-7,12H,1,4-5,8-10H2,(H,17,18)/t12-,14+/m0/s1. The van der Waals surface area contributed by atoms with E-state index in [9.17, 15) is 9.90 Å². The quantitative estimate of drug-likeness (QED) is 0.883. The van der Waals surface area contributed by atoms with Crippen molar-refractivity contribution in [2.75, 3.05) is 13.1 Å². The van der Waals surface area contributed by atoms with E-state index in [-0.39, 0.29) is 0 Å². The molecule has 0 amide bonds. The topological polar surface area (TPSA) is 53.4 Å². The van der Waals surface area contributed by atoms with Crippen LogP contribution in [0.4, 0.5) is 0 Å². The summed E-state index contributed by atoms with van der Waals surface area (Å²) >= 11 is 0. The van der Waals surface area contributed by atoms with Gasteiger partial charge in [0.1, 0.15) is 0 Å². The number of carbonyl (C=O) groups is 1. The number of rotatable bonds is 3. The molecule has 4 heteroatoms. The second kappa shape index (κ2) is 4.35. The van der Waals surface area contributed by atoms with Gasteiger partial charge in [-0.15, -0.1) is 0 Å². The SMILES string of the molecule is O=C(O)[C@@]12CCC[C@H]1CN(Cc1cccnc1)C2. The molecule has 0 unspecified atom stereocenters. The minimum Gasteiger partial charge on any atom is -0.481 e. The van der Waals surface area contributed by atoms with Crippen molar-refractivity contribution in [3.8, 4) is 0 Å². The number of likely N-dealkylation sites (tertiary alicyclic amines) is 1. The first-order valence-corrected chi connectivity index (χ1v) is 6.55. The second-order valence-corrected chi connectivity index (χ2v) is 5.58. The van der Waals surface area contributed by atoms with Gasteiger partial charge in [-0.05, 0) is 30.4 Å². The summed E-state index contributed by atoms with van der Waals surface area (Å²) in [5, 5.41) is 9.52. The van der Waals surface area contributed by atoms with Gasteiger partial charge in [-0.2, -0.15) is 0 Å². The molecule has 1 aromatic rings. The Labute approximate surface area is 107 Å². The Morgan fingerprint density at radius 3 is 3.17 bits per heavy atom. The molecule has 0 bridgehead atoms. The van der Waals surface area contributed by atoms with Crippen molar-refractivity contribution in [1.29, 1.82) is 0 Å². The van der Waals surface area contributed by atoms with Gasteiger partial charge in [0, 0.05) is 32.0 Å². The highest BCUT2D eigenvalue weighted by atomic mass is 16.4. The molecule has 2 fully saturated rings. The molecule has 2 aliphatic rings. The fourth-order valence-corrected chi connectivity index (χ4v) is 3.61. The number of aromatic nitrogens is 1. The van der Waals surface area contributed by atoms with Crippen molar-refractivity contribution in [1.82, 2.24) is 9.88 Å². The van der Waals surface area contributed by atoms with Gasteiger partial charge in [0.25, 0.3) is 0 Å². The van der Waals surface area contributed by atoms with E-state index in [4.69, 9.17) is 0 Å². The van der Waals surface area contributed by atoms with Crippen LogP contribution in [0.15, 0.2) is 24.5 Å². The molecule has 0 aromatic carbocycles. The summed E-state index contributed by atoms with van der Waals surface area (Å²) in [7, 11) is 0. The van der Waals surface area contributed by atoms with Crippen LogP contribution in [0.5, 0.6) is 0 Å². The number of pyridine rings is 1. The second-order valence-electron chi connectivity index (χ2n) is 5.58. The molecule has 1 saturated carbocycles. The van der Waals surface area contributed by atoms with Gasteiger partial charge in [-0.3, -0.25) is 14.7 Å². The molecular weight excluding hydrogens is 228 g/mol. The molecule has 1 aliphatic carbocycles. The van der Waals surface area contributed by atoms with E-state index in [1.807, 2.05) is 12.3 Å². The summed E-state index contributed by atoms with van der Waals surface area (Å²) in [6.45, 7) is 2.43. The molecule has 96 valence electrons. The van der Waals surface area contributed by atoms with E-state index in [2.05, 4.69) is 16.0 Å². The zero-order chi connectivity index (χ0) is 12.6. The van der Waals surface area contributed by atoms with Crippen molar-refractivity contribution < 1.29 is 9.90 Å². The highest BCUT2D eigenvalue weighted by Gasteiger charge is 2.54. The van der Waals surface area contributed by atoms with Gasteiger partial charge in [0.2, 0.25) is 0 Å². The van der Waals surface area contributed by atoms with Gasteiger partial charge in [-0.25, -0.2) is 0 Å². The van der Waals surface area contributed by atoms with E-state index in [0.29, 0.717) is 12.5 Å². The highest BCUT2D eigenvalue weighted by Crippen LogP contribution is 2.49. The van der Waals surface area contributed by atoms with Crippen LogP contribution in [0.2, 0.25) is 0 Å². The third-order valence-electron chi connectivity index (χ3n) is 4.50. The van der Waals surface area contributed by atoms with Crippen LogP contribution in [0, 0.1) is 11.3 Å². The van der Waals surface area contributed by atoms with Crippen LogP contribution in [0.25, 0.3) is 0 Å². The summed E-state index contributed by atoms with van der Waals surface area (Å²) in [5.41, 5.74) is 0.695. The van der Waals surface area contributed by atoms with Gasteiger partial charge < -0.3 is 5.11 Å². The van der Waals surface area contributed by atoms with E-state index < -0.39 is 11.4 Å². The highest BCUT2D eigenvalue weighted by molar-refractivity contribution is 5.76. The fraction of sp³-hybridized carbons (Fsp3) is 0.571. The van der Waals surface area contributed by atoms with Gasteiger partial charge in [0.05, 0.1) is 5.41 Å². The summed E-state index contributed by atoms with van der Waals surface area (Å²) in [6, 6.07) is 3.98. The molecule has 1 N–H and O–H groups in total. The van der Waals surface area contributed by atoms with Crippen LogP contribution < -0.4 is 0 Å². The average Bonchev–Trinajstić information content (AvgIpc) is 2.87. The molecule has 0 radical (unpaired) electrons. The molecule has 1 aromatic heterocycles. The summed E-state index contributed by atoms with van der Waals surface area (Å²) < 4.78 is 0. The van der Waals surface area contributed by atoms with Crippen molar-refractivity contribution in [3.05, 3.63) is 30.1 Å². The first kappa shape index (κ1) is 11.7. The normalized spacial score (nSPS) is 31.4. The smallest absolute Gasteiger partial charge is 0.311 e. The Hall–Kier alpha value is -1.42. The summed E-state index contributed by atoms with van der Waals surface area (Å²) in [5.74, 6) is -0.259. The van der Waals surface area contributed by atoms with E-state index in [0.717, 1.165) is 37.9 Å². The van der Waals surface area contributed by atoms with Crippen LogP contribution in [0.3, 0.4) is 0 Å². The number of hydrogen-bond donors (Lipinski definition) is 1. The van der Waals surface area contributed by atoms with Crippen LogP contribution in [-0.2, 0) is 11.3 Å². The minimum absolute atomic E-state index is 0.340. The molecule has 0 spiro atoms. The van der Waals surface area contributed by atoms with Crippen molar-refractivity contribution in [3.63, 3.8) is 0 Å². The molecule has 1 saturated heterocycles. The summed E-state index contributed by atoms with van der Waals surface area (Å²) in [4.78, 5) is 17.9. The number of nitrogens with zero attached hydrogens (tertiary/aromatic N) is 2. The Morgan fingerprint density at radius 1 is 1.61 bits per heavy atom. The van der Waals surface area contributed by atoms with Crippen molar-refractivity contribution in [2.45, 2.75) is 25.8 Å². The molecule has 2 heterocycles. The molecule has 1 aliphatic heterocycles. The molecule has 2 atom stereocenters. The number of fused-ring (bicyclic) bond motifs is 1. The third kappa shape index (κ3) is 1.81. The first-order chi connectivity index (χ1) is 8.71. The zero-order valence-electron chi connectivity index (χ0n) is 10.4. The lowest BCUT2D eigenvalue weighted by atomic mass is 9.81. The van der Waals surface area contributed by atoms with Gasteiger partial charge in [0.15, 0.2) is 0 Å². The molecular formula is C14H18N2O2. The van der Waals surface area contributed by atoms with E-state index in [1.165, 1.54) is 0 Å². The Balaban J connectivity index is 1.73. The largest absolute Gasteiger partial charge is 0.481 e. The molecule has 3 rings (SSSR count). The van der Waals surface area contributed by atoms with Crippen LogP contribution in [-0.4, -0.2) is 34.0 Å². The zero-order valence-corrected chi connectivity index (χ0v) is 10.4. The average molecular weight is 246 g/mol. The number of aliphatic carboxylic acids is 1. The maximum atomic E-state index is 11.6. The van der Waals surface area contributed by atoms with Crippen LogP contribution >= 0.6 is 0 Å². The lowest BCUT2D eigenvalue weighted by Crippen LogP contribution is -2.35. The molecule has 4 nitrogen and oxygen atoms in total. The third-order valence-corrected chi connectivity index (χ3v) is 4.50. The number of carboxylic acid groups (broad SMARTS) is 1. The van der Waals surface area contributed by atoms with Crippen molar-refractivity contribution in [2.24, 2.45) is 11.3 Å². The molecule has 18 heavy (non-hydrogen) atoms. The minimum atomic E-state index is -0.598. The maximum absolute atomic E-state index is 11.6. The lowest BCUT2D eigenvalue weighted by Gasteiger charge is -2.23. The maximum Gasteiger partial charge on any atom is 0.311 e. The number of hydrogen-bond acceptors (Lipinski definition) is 3. The van der Waals surface area contributed by atoms with Crippen LogP contribution in [0.1, 0.15) is 24.8 Å². The first-order valence-electron chi connectivity index (χ1n) is 6.55. The Kier molecular flexibility index (Phi) is 2.82. The van der Waals surface area contributed by atoms with E-state index in [1.54, 1.807) is 6.20 Å². The fourth-order valence-electron chi connectivity index (χ4n) is 3.61. The van der Waals surface area contributed by atoms with E-state index >= 15 is 0 Å². The van der Waals surface area contributed by atoms with Gasteiger partial charge in [-0.1, -0.05) is 12.5 Å². The lowest BCUT2D eigenvalue weighted by molar-refractivity contribution is -0.149.